The van der Waals surface area contributed by atoms with E-state index in [0.717, 1.165) is 17.1 Å². The molecule has 0 aliphatic rings. The van der Waals surface area contributed by atoms with Crippen molar-refractivity contribution in [3.8, 4) is 0 Å². The predicted molar refractivity (Wildman–Crippen MR) is 63.8 cm³/mol. The third kappa shape index (κ3) is 1.75. The Hall–Kier alpha value is -1.24. The van der Waals surface area contributed by atoms with Crippen LogP contribution in [0.5, 0.6) is 0 Å². The number of carbonyl (C=O) groups excluding carboxylic acids is 1. The Bertz CT molecular complexity index is 514. The summed E-state index contributed by atoms with van der Waals surface area (Å²) in [4.78, 5) is 16.9. The quantitative estimate of drug-likeness (QED) is 0.756. The van der Waals surface area contributed by atoms with Gasteiger partial charge in [-0.15, -0.1) is 11.3 Å². The highest BCUT2D eigenvalue weighted by atomic mass is 32.1. The minimum absolute atomic E-state index is 0.0934. The van der Waals surface area contributed by atoms with Crippen LogP contribution in [-0.4, -0.2) is 27.8 Å². The number of imidazole rings is 1. The number of nitrogens with zero attached hydrogens (tertiary/aromatic N) is 2. The molecule has 0 amide bonds. The first-order valence-corrected chi connectivity index (χ1v) is 5.96. The van der Waals surface area contributed by atoms with Gasteiger partial charge >= 0.3 is 0 Å². The summed E-state index contributed by atoms with van der Waals surface area (Å²) >= 11 is 1.51. The molecule has 0 saturated carbocycles. The van der Waals surface area contributed by atoms with Gasteiger partial charge < -0.3 is 11.5 Å². The van der Waals surface area contributed by atoms with E-state index < -0.39 is 6.04 Å². The van der Waals surface area contributed by atoms with E-state index in [2.05, 4.69) is 4.98 Å². The summed E-state index contributed by atoms with van der Waals surface area (Å²) in [5.74, 6) is -0.0934. The van der Waals surface area contributed by atoms with Gasteiger partial charge in [-0.2, -0.15) is 0 Å². The number of ketones is 1. The topological polar surface area (TPSA) is 86.4 Å². The molecule has 16 heavy (non-hydrogen) atoms. The number of thiazole rings is 1. The molecule has 5 nitrogen and oxygen atoms in total. The van der Waals surface area contributed by atoms with Gasteiger partial charge in [0, 0.05) is 17.5 Å². The van der Waals surface area contributed by atoms with Crippen molar-refractivity contribution in [2.75, 3.05) is 6.54 Å². The van der Waals surface area contributed by atoms with Crippen LogP contribution < -0.4 is 11.5 Å². The van der Waals surface area contributed by atoms with Gasteiger partial charge in [-0.1, -0.05) is 0 Å². The molecule has 4 N–H and O–H groups in total. The lowest BCUT2D eigenvalue weighted by atomic mass is 10.2. The van der Waals surface area contributed by atoms with Gasteiger partial charge in [0.2, 0.25) is 0 Å². The third-order valence-corrected chi connectivity index (χ3v) is 3.27. The summed E-state index contributed by atoms with van der Waals surface area (Å²) in [7, 11) is 0. The molecule has 2 aromatic heterocycles. The Labute approximate surface area is 97.1 Å². The predicted octanol–water partition coefficient (Wildman–Crippen LogP) is 0.427. The molecule has 0 aliphatic heterocycles. The molecule has 86 valence electrons. The number of carbonyl (C=O) groups is 1. The van der Waals surface area contributed by atoms with Gasteiger partial charge in [-0.3, -0.25) is 9.20 Å². The first kappa shape index (κ1) is 11.3. The molecule has 2 rings (SSSR count). The lowest BCUT2D eigenvalue weighted by Gasteiger charge is -2.04. The molecule has 6 heteroatoms. The van der Waals surface area contributed by atoms with E-state index in [1.54, 1.807) is 13.1 Å². The van der Waals surface area contributed by atoms with Crippen LogP contribution in [0.25, 0.3) is 4.96 Å². The molecule has 0 radical (unpaired) electrons. The van der Waals surface area contributed by atoms with Crippen molar-refractivity contribution < 1.29 is 4.79 Å². The van der Waals surface area contributed by atoms with Crippen molar-refractivity contribution in [1.82, 2.24) is 9.38 Å². The van der Waals surface area contributed by atoms with E-state index in [1.165, 1.54) is 11.3 Å². The number of fused-ring (bicyclic) bond motifs is 1. The number of rotatable bonds is 4. The van der Waals surface area contributed by atoms with Gasteiger partial charge in [0.05, 0.1) is 12.2 Å². The second-order valence-electron chi connectivity index (χ2n) is 3.68. The number of hydrogen-bond donors (Lipinski definition) is 2. The van der Waals surface area contributed by atoms with E-state index in [4.69, 9.17) is 11.5 Å². The van der Waals surface area contributed by atoms with Crippen LogP contribution in [0.4, 0.5) is 0 Å². The number of Topliss-reactive ketones (excluding diaryl/α,β-unsaturated/α-hetero) is 1. The van der Waals surface area contributed by atoms with Crippen LogP contribution in [0, 0.1) is 0 Å². The fourth-order valence-electron chi connectivity index (χ4n) is 1.59. The lowest BCUT2D eigenvalue weighted by molar-refractivity contribution is 0.0962. The Balaban J connectivity index is 2.53. The van der Waals surface area contributed by atoms with Crippen molar-refractivity contribution >= 4 is 22.1 Å². The molecule has 0 aliphatic carbocycles. The van der Waals surface area contributed by atoms with E-state index >= 15 is 0 Å². The summed E-state index contributed by atoms with van der Waals surface area (Å²) in [6, 6.07) is -0.509. The Morgan fingerprint density at radius 1 is 1.69 bits per heavy atom. The standard InChI is InChI=1S/C10H14N4OS/c1-6(12)9(15)8-4-13-10-14(8)7(2-3-11)5-16-10/h4-6H,2-3,11-12H2,1H3. The van der Waals surface area contributed by atoms with Crippen LogP contribution in [0.1, 0.15) is 23.1 Å². The zero-order valence-corrected chi connectivity index (χ0v) is 9.83. The average molecular weight is 238 g/mol. The highest BCUT2D eigenvalue weighted by Crippen LogP contribution is 2.19. The van der Waals surface area contributed by atoms with Gasteiger partial charge in [0.15, 0.2) is 10.7 Å². The lowest BCUT2D eigenvalue weighted by Crippen LogP contribution is -2.28. The minimum atomic E-state index is -0.509. The summed E-state index contributed by atoms with van der Waals surface area (Å²) in [6.07, 6.45) is 2.31. The number of nitrogens with two attached hydrogens (primary N) is 2. The van der Waals surface area contributed by atoms with Gasteiger partial charge in [-0.05, 0) is 13.5 Å². The molecule has 0 saturated heterocycles. The van der Waals surface area contributed by atoms with Crippen molar-refractivity contribution in [3.63, 3.8) is 0 Å². The van der Waals surface area contributed by atoms with Gasteiger partial charge in [-0.25, -0.2) is 4.98 Å². The normalized spacial score (nSPS) is 13.2. The SMILES string of the molecule is CC(N)C(=O)c1cnc2scc(CCN)n12. The van der Waals surface area contributed by atoms with E-state index in [9.17, 15) is 4.79 Å². The molecular formula is C10H14N4OS. The number of aromatic nitrogens is 2. The van der Waals surface area contributed by atoms with E-state index in [-0.39, 0.29) is 5.78 Å². The van der Waals surface area contributed by atoms with E-state index in [1.807, 2.05) is 9.78 Å². The van der Waals surface area contributed by atoms with Crippen LogP contribution in [-0.2, 0) is 6.42 Å². The third-order valence-electron chi connectivity index (χ3n) is 2.38. The average Bonchev–Trinajstić information content (AvgIpc) is 2.80. The molecule has 2 heterocycles. The molecule has 1 atom stereocenters. The fourth-order valence-corrected chi connectivity index (χ4v) is 2.49. The number of hydrogen-bond acceptors (Lipinski definition) is 5. The maximum absolute atomic E-state index is 11.9. The monoisotopic (exact) mass is 238 g/mol. The van der Waals surface area contributed by atoms with Crippen molar-refractivity contribution in [3.05, 3.63) is 23.0 Å². The summed E-state index contributed by atoms with van der Waals surface area (Å²) in [5, 5.41) is 1.98. The summed E-state index contributed by atoms with van der Waals surface area (Å²) in [6.45, 7) is 2.23. The molecule has 1 unspecified atom stereocenters. The zero-order chi connectivity index (χ0) is 11.7. The van der Waals surface area contributed by atoms with E-state index in [0.29, 0.717) is 12.2 Å². The smallest absolute Gasteiger partial charge is 0.197 e. The first-order chi connectivity index (χ1) is 7.65. The second kappa shape index (κ2) is 4.32. The van der Waals surface area contributed by atoms with Crippen LogP contribution in [0.2, 0.25) is 0 Å². The Morgan fingerprint density at radius 3 is 3.06 bits per heavy atom. The molecule has 2 aromatic rings. The highest BCUT2D eigenvalue weighted by Gasteiger charge is 2.18. The largest absolute Gasteiger partial charge is 0.330 e. The van der Waals surface area contributed by atoms with Crippen LogP contribution in [0.3, 0.4) is 0 Å². The van der Waals surface area contributed by atoms with Crippen molar-refractivity contribution in [2.45, 2.75) is 19.4 Å². The fraction of sp³-hybridized carbons (Fsp3) is 0.400. The molecule has 0 spiro atoms. The summed E-state index contributed by atoms with van der Waals surface area (Å²) < 4.78 is 1.85. The van der Waals surface area contributed by atoms with Crippen LogP contribution >= 0.6 is 11.3 Å². The molecule has 0 bridgehead atoms. The Morgan fingerprint density at radius 2 is 2.44 bits per heavy atom. The zero-order valence-electron chi connectivity index (χ0n) is 9.01. The summed E-state index contributed by atoms with van der Waals surface area (Å²) in [5.41, 5.74) is 12.7. The Kier molecular flexibility index (Phi) is 3.04. The minimum Gasteiger partial charge on any atom is -0.330 e. The van der Waals surface area contributed by atoms with Crippen molar-refractivity contribution in [1.29, 1.82) is 0 Å². The maximum Gasteiger partial charge on any atom is 0.197 e. The highest BCUT2D eigenvalue weighted by molar-refractivity contribution is 7.15. The first-order valence-electron chi connectivity index (χ1n) is 5.09. The molecule has 0 fully saturated rings. The maximum atomic E-state index is 11.9. The van der Waals surface area contributed by atoms with Gasteiger partial charge in [0.25, 0.3) is 0 Å². The van der Waals surface area contributed by atoms with Crippen LogP contribution in [0.15, 0.2) is 11.6 Å². The second-order valence-corrected chi connectivity index (χ2v) is 4.52. The van der Waals surface area contributed by atoms with Gasteiger partial charge in [0.1, 0.15) is 5.69 Å². The molecule has 0 aromatic carbocycles. The molecular weight excluding hydrogens is 224 g/mol. The van der Waals surface area contributed by atoms with Crippen molar-refractivity contribution in [2.24, 2.45) is 11.5 Å².